The van der Waals surface area contributed by atoms with E-state index in [0.29, 0.717) is 11.5 Å². The summed E-state index contributed by atoms with van der Waals surface area (Å²) >= 11 is 0. The van der Waals surface area contributed by atoms with Crippen LogP contribution in [-0.2, 0) is 6.54 Å². The zero-order valence-electron chi connectivity index (χ0n) is 18.2. The predicted octanol–water partition coefficient (Wildman–Crippen LogP) is 2.65. The standard InChI is InChI=1S/C23H25N5O4/c1-4-27-13-16(12-26-27)15-5-6-19-18(9-15)25-14-28(19)17-10-20(31-2)22(21(11-17)32-3)23(30)24-7-8-29/h5-6,9-14,29H,4,7-8H2,1-3H3,(H,24,30). The number of carbonyl (C=O) groups is 1. The monoisotopic (exact) mass is 435 g/mol. The molecule has 0 saturated carbocycles. The van der Waals surface area contributed by atoms with Crippen LogP contribution in [0.5, 0.6) is 11.5 Å². The average Bonchev–Trinajstić information content (AvgIpc) is 3.48. The Balaban J connectivity index is 1.75. The highest BCUT2D eigenvalue weighted by Gasteiger charge is 2.21. The van der Waals surface area contributed by atoms with Crippen molar-refractivity contribution in [1.82, 2.24) is 24.6 Å². The molecular weight excluding hydrogens is 410 g/mol. The van der Waals surface area contributed by atoms with Crippen LogP contribution in [0.15, 0.2) is 49.1 Å². The predicted molar refractivity (Wildman–Crippen MR) is 120 cm³/mol. The third kappa shape index (κ3) is 3.90. The molecule has 0 aliphatic heterocycles. The SMILES string of the molecule is CCn1cc(-c2ccc3c(c2)ncn3-c2cc(OC)c(C(=O)NCCO)c(OC)c2)cn1. The summed E-state index contributed by atoms with van der Waals surface area (Å²) in [6, 6.07) is 9.58. The Morgan fingerprint density at radius 1 is 1.12 bits per heavy atom. The molecule has 0 bridgehead atoms. The van der Waals surface area contributed by atoms with Crippen molar-refractivity contribution in [3.05, 3.63) is 54.6 Å². The molecule has 2 N–H and O–H groups in total. The van der Waals surface area contributed by atoms with E-state index < -0.39 is 0 Å². The minimum atomic E-state index is -0.382. The van der Waals surface area contributed by atoms with Crippen molar-refractivity contribution in [2.75, 3.05) is 27.4 Å². The summed E-state index contributed by atoms with van der Waals surface area (Å²) < 4.78 is 14.8. The van der Waals surface area contributed by atoms with Crippen LogP contribution in [0.25, 0.3) is 27.8 Å². The number of imidazole rings is 1. The van der Waals surface area contributed by atoms with Crippen molar-refractivity contribution < 1.29 is 19.4 Å². The molecule has 1 amide bonds. The van der Waals surface area contributed by atoms with Gasteiger partial charge >= 0.3 is 0 Å². The zero-order valence-corrected chi connectivity index (χ0v) is 18.2. The fraction of sp³-hybridized carbons (Fsp3) is 0.261. The lowest BCUT2D eigenvalue weighted by molar-refractivity contribution is 0.0938. The number of carbonyl (C=O) groups excluding carboxylic acids is 1. The van der Waals surface area contributed by atoms with Gasteiger partial charge in [0, 0.05) is 37.0 Å². The molecule has 0 spiro atoms. The highest BCUT2D eigenvalue weighted by atomic mass is 16.5. The number of benzene rings is 2. The van der Waals surface area contributed by atoms with E-state index in [9.17, 15) is 4.79 Å². The van der Waals surface area contributed by atoms with Gasteiger partial charge in [0.05, 0.1) is 43.7 Å². The molecule has 166 valence electrons. The van der Waals surface area contributed by atoms with Crippen LogP contribution >= 0.6 is 0 Å². The fourth-order valence-corrected chi connectivity index (χ4v) is 3.60. The second-order valence-electron chi connectivity index (χ2n) is 7.11. The summed E-state index contributed by atoms with van der Waals surface area (Å²) in [5.74, 6) is 0.340. The van der Waals surface area contributed by atoms with E-state index in [2.05, 4.69) is 15.4 Å². The second-order valence-corrected chi connectivity index (χ2v) is 7.11. The third-order valence-corrected chi connectivity index (χ3v) is 5.23. The molecule has 0 saturated heterocycles. The van der Waals surface area contributed by atoms with Crippen LogP contribution in [0.1, 0.15) is 17.3 Å². The number of ether oxygens (including phenoxy) is 2. The maximum atomic E-state index is 12.6. The molecule has 0 aliphatic rings. The van der Waals surface area contributed by atoms with Gasteiger partial charge in [0.1, 0.15) is 23.4 Å². The van der Waals surface area contributed by atoms with Gasteiger partial charge in [0.15, 0.2) is 0 Å². The number of aryl methyl sites for hydroxylation is 1. The van der Waals surface area contributed by atoms with Gasteiger partial charge in [-0.1, -0.05) is 6.07 Å². The van der Waals surface area contributed by atoms with Crippen molar-refractivity contribution in [3.63, 3.8) is 0 Å². The first-order chi connectivity index (χ1) is 15.6. The van der Waals surface area contributed by atoms with Gasteiger partial charge < -0.3 is 19.9 Å². The smallest absolute Gasteiger partial charge is 0.258 e. The number of fused-ring (bicyclic) bond motifs is 1. The Bertz CT molecular complexity index is 1240. The van der Waals surface area contributed by atoms with E-state index in [0.717, 1.165) is 34.4 Å². The lowest BCUT2D eigenvalue weighted by Gasteiger charge is -2.16. The number of hydrogen-bond donors (Lipinski definition) is 2. The molecule has 2 heterocycles. The second kappa shape index (κ2) is 9.11. The Morgan fingerprint density at radius 3 is 2.50 bits per heavy atom. The van der Waals surface area contributed by atoms with Crippen molar-refractivity contribution in [3.8, 4) is 28.3 Å². The van der Waals surface area contributed by atoms with E-state index in [4.69, 9.17) is 14.6 Å². The molecule has 2 aromatic carbocycles. The van der Waals surface area contributed by atoms with Crippen molar-refractivity contribution in [1.29, 1.82) is 0 Å². The molecule has 0 radical (unpaired) electrons. The lowest BCUT2D eigenvalue weighted by atomic mass is 10.1. The summed E-state index contributed by atoms with van der Waals surface area (Å²) in [7, 11) is 2.99. The maximum absolute atomic E-state index is 12.6. The van der Waals surface area contributed by atoms with E-state index in [-0.39, 0.29) is 24.6 Å². The molecule has 0 aliphatic carbocycles. The van der Waals surface area contributed by atoms with Gasteiger partial charge in [0.2, 0.25) is 0 Å². The van der Waals surface area contributed by atoms with Gasteiger partial charge in [-0.2, -0.15) is 5.10 Å². The highest BCUT2D eigenvalue weighted by Crippen LogP contribution is 2.34. The van der Waals surface area contributed by atoms with Crippen molar-refractivity contribution in [2.24, 2.45) is 0 Å². The minimum absolute atomic E-state index is 0.137. The molecule has 2 aromatic heterocycles. The summed E-state index contributed by atoms with van der Waals surface area (Å²) in [6.07, 6.45) is 5.58. The molecule has 32 heavy (non-hydrogen) atoms. The molecule has 0 unspecified atom stereocenters. The molecule has 0 atom stereocenters. The van der Waals surface area contributed by atoms with Crippen LogP contribution < -0.4 is 14.8 Å². The molecule has 9 heteroatoms. The molecular formula is C23H25N5O4. The van der Waals surface area contributed by atoms with Gasteiger partial charge in [-0.25, -0.2) is 4.98 Å². The third-order valence-electron chi connectivity index (χ3n) is 5.23. The quantitative estimate of drug-likeness (QED) is 0.441. The van der Waals surface area contributed by atoms with Crippen LogP contribution in [-0.4, -0.2) is 57.7 Å². The van der Waals surface area contributed by atoms with Crippen LogP contribution in [0.4, 0.5) is 0 Å². The van der Waals surface area contributed by atoms with Crippen LogP contribution in [0, 0.1) is 0 Å². The highest BCUT2D eigenvalue weighted by molar-refractivity contribution is 6.00. The Morgan fingerprint density at radius 2 is 1.88 bits per heavy atom. The number of hydrogen-bond acceptors (Lipinski definition) is 6. The number of nitrogens with one attached hydrogen (secondary N) is 1. The van der Waals surface area contributed by atoms with Gasteiger partial charge in [0.25, 0.3) is 5.91 Å². The number of aliphatic hydroxyl groups excluding tert-OH is 1. The topological polar surface area (TPSA) is 103 Å². The Labute approximate surface area is 185 Å². The fourth-order valence-electron chi connectivity index (χ4n) is 3.60. The van der Waals surface area contributed by atoms with E-state index in [1.165, 1.54) is 14.2 Å². The van der Waals surface area contributed by atoms with Crippen molar-refractivity contribution in [2.45, 2.75) is 13.5 Å². The molecule has 4 aromatic rings. The van der Waals surface area contributed by atoms with Crippen LogP contribution in [0.3, 0.4) is 0 Å². The maximum Gasteiger partial charge on any atom is 0.258 e. The summed E-state index contributed by atoms with van der Waals surface area (Å²) in [5.41, 5.74) is 4.81. The molecule has 4 rings (SSSR count). The molecule has 0 fully saturated rings. The normalized spacial score (nSPS) is 11.0. The van der Waals surface area contributed by atoms with Crippen molar-refractivity contribution >= 4 is 16.9 Å². The average molecular weight is 435 g/mol. The summed E-state index contributed by atoms with van der Waals surface area (Å²) in [6.45, 7) is 2.84. The summed E-state index contributed by atoms with van der Waals surface area (Å²) in [4.78, 5) is 17.1. The van der Waals surface area contributed by atoms with Gasteiger partial charge in [-0.15, -0.1) is 0 Å². The Hall–Kier alpha value is -3.85. The first kappa shape index (κ1) is 21.4. The number of nitrogens with zero attached hydrogens (tertiary/aromatic N) is 4. The number of amides is 1. The number of aliphatic hydroxyl groups is 1. The zero-order chi connectivity index (χ0) is 22.7. The van der Waals surface area contributed by atoms with E-state index in [1.54, 1.807) is 18.5 Å². The van der Waals surface area contributed by atoms with E-state index in [1.807, 2.05) is 46.8 Å². The first-order valence-electron chi connectivity index (χ1n) is 10.2. The Kier molecular flexibility index (Phi) is 6.09. The largest absolute Gasteiger partial charge is 0.496 e. The van der Waals surface area contributed by atoms with Gasteiger partial charge in [-0.3, -0.25) is 14.0 Å². The minimum Gasteiger partial charge on any atom is -0.496 e. The number of methoxy groups -OCH3 is 2. The van der Waals surface area contributed by atoms with Gasteiger partial charge in [-0.05, 0) is 24.6 Å². The number of aromatic nitrogens is 4. The number of rotatable bonds is 8. The van der Waals surface area contributed by atoms with Crippen LogP contribution in [0.2, 0.25) is 0 Å². The molecule has 9 nitrogen and oxygen atoms in total. The first-order valence-corrected chi connectivity index (χ1v) is 10.2. The van der Waals surface area contributed by atoms with E-state index >= 15 is 0 Å². The summed E-state index contributed by atoms with van der Waals surface area (Å²) in [5, 5.41) is 16.0. The lowest BCUT2D eigenvalue weighted by Crippen LogP contribution is -2.27.